The molecule has 2 saturated heterocycles. The number of rotatable bonds is 2. The molecule has 5 heteroatoms. The van der Waals surface area contributed by atoms with Gasteiger partial charge < -0.3 is 15.7 Å². The summed E-state index contributed by atoms with van der Waals surface area (Å²) in [7, 11) is 0. The minimum Gasteiger partial charge on any atom is -0.478 e. The summed E-state index contributed by atoms with van der Waals surface area (Å²) >= 11 is 0. The lowest BCUT2D eigenvalue weighted by atomic mass is 10.1. The van der Waals surface area contributed by atoms with Crippen LogP contribution in [0.1, 0.15) is 30.1 Å². The highest BCUT2D eigenvalue weighted by Gasteiger charge is 2.34. The predicted molar refractivity (Wildman–Crippen MR) is 79.2 cm³/mol. The fourth-order valence-electron chi connectivity index (χ4n) is 3.47. The van der Waals surface area contributed by atoms with Crippen LogP contribution < -0.4 is 10.6 Å². The number of carbonyl (C=O) groups is 1. The van der Waals surface area contributed by atoms with Crippen LogP contribution in [0.5, 0.6) is 0 Å². The Bertz CT molecular complexity index is 532. The van der Waals surface area contributed by atoms with Crippen molar-refractivity contribution in [1.82, 2.24) is 4.90 Å². The maximum atomic E-state index is 11.0. The summed E-state index contributed by atoms with van der Waals surface area (Å²) in [6.45, 7) is 5.51. The number of hydrogen-bond acceptors (Lipinski definition) is 4. The molecule has 2 aliphatic heterocycles. The van der Waals surface area contributed by atoms with E-state index in [1.165, 1.54) is 19.4 Å². The van der Waals surface area contributed by atoms with Gasteiger partial charge in [0.25, 0.3) is 0 Å². The second-order valence-corrected chi connectivity index (χ2v) is 5.87. The number of fused-ring (bicyclic) bond motifs is 1. The van der Waals surface area contributed by atoms with E-state index in [4.69, 9.17) is 10.8 Å². The van der Waals surface area contributed by atoms with Crippen molar-refractivity contribution in [2.45, 2.75) is 31.8 Å². The first-order chi connectivity index (χ1) is 9.56. The second kappa shape index (κ2) is 4.98. The van der Waals surface area contributed by atoms with E-state index in [0.717, 1.165) is 18.8 Å². The SMILES string of the molecule is CC1CN2CCCC2CN1c1ccc(C(=O)O)c(N)c1. The topological polar surface area (TPSA) is 69.8 Å². The van der Waals surface area contributed by atoms with Crippen LogP contribution >= 0.6 is 0 Å². The van der Waals surface area contributed by atoms with Crippen LogP contribution in [0, 0.1) is 0 Å². The van der Waals surface area contributed by atoms with E-state index in [-0.39, 0.29) is 5.56 Å². The van der Waals surface area contributed by atoms with E-state index in [1.54, 1.807) is 12.1 Å². The van der Waals surface area contributed by atoms with Gasteiger partial charge in [0.1, 0.15) is 0 Å². The van der Waals surface area contributed by atoms with Crippen molar-refractivity contribution in [2.24, 2.45) is 0 Å². The summed E-state index contributed by atoms with van der Waals surface area (Å²) in [5.74, 6) is -0.970. The molecule has 5 nitrogen and oxygen atoms in total. The molecule has 1 aromatic carbocycles. The molecule has 2 heterocycles. The van der Waals surface area contributed by atoms with Crippen LogP contribution in [0.4, 0.5) is 11.4 Å². The molecule has 2 unspecified atom stereocenters. The van der Waals surface area contributed by atoms with Crippen molar-refractivity contribution >= 4 is 17.3 Å². The van der Waals surface area contributed by atoms with E-state index < -0.39 is 5.97 Å². The highest BCUT2D eigenvalue weighted by atomic mass is 16.4. The maximum Gasteiger partial charge on any atom is 0.337 e. The first kappa shape index (κ1) is 13.2. The first-order valence-electron chi connectivity index (χ1n) is 7.20. The van der Waals surface area contributed by atoms with Crippen LogP contribution in [0.15, 0.2) is 18.2 Å². The highest BCUT2D eigenvalue weighted by molar-refractivity contribution is 5.94. The molecule has 3 rings (SSSR count). The van der Waals surface area contributed by atoms with Gasteiger partial charge in [-0.3, -0.25) is 4.90 Å². The molecule has 2 aliphatic rings. The number of anilines is 2. The standard InChI is InChI=1S/C15H21N3O2/c1-10-8-17-6-2-3-12(17)9-18(10)11-4-5-13(15(19)20)14(16)7-11/h4-5,7,10,12H,2-3,6,8-9,16H2,1H3,(H,19,20). The largest absolute Gasteiger partial charge is 0.478 e. The summed E-state index contributed by atoms with van der Waals surface area (Å²) in [5.41, 5.74) is 7.42. The Morgan fingerprint density at radius 2 is 2.20 bits per heavy atom. The molecule has 0 aliphatic carbocycles. The number of aromatic carboxylic acids is 1. The van der Waals surface area contributed by atoms with Gasteiger partial charge in [-0.15, -0.1) is 0 Å². The number of nitrogen functional groups attached to an aromatic ring is 1. The van der Waals surface area contributed by atoms with Gasteiger partial charge in [0, 0.05) is 36.5 Å². The van der Waals surface area contributed by atoms with Crippen LogP contribution in [0.3, 0.4) is 0 Å². The van der Waals surface area contributed by atoms with Gasteiger partial charge in [-0.1, -0.05) is 0 Å². The molecule has 0 amide bonds. The quantitative estimate of drug-likeness (QED) is 0.803. The Labute approximate surface area is 119 Å². The van der Waals surface area contributed by atoms with Gasteiger partial charge in [0.15, 0.2) is 0 Å². The molecule has 2 atom stereocenters. The van der Waals surface area contributed by atoms with Gasteiger partial charge in [0.05, 0.1) is 5.56 Å². The van der Waals surface area contributed by atoms with E-state index >= 15 is 0 Å². The van der Waals surface area contributed by atoms with Gasteiger partial charge in [0.2, 0.25) is 0 Å². The van der Waals surface area contributed by atoms with Crippen molar-refractivity contribution < 1.29 is 9.90 Å². The Hall–Kier alpha value is -1.75. The van der Waals surface area contributed by atoms with Gasteiger partial charge in [-0.25, -0.2) is 4.79 Å². The third kappa shape index (κ3) is 2.22. The minimum absolute atomic E-state index is 0.181. The molecule has 20 heavy (non-hydrogen) atoms. The molecular formula is C15H21N3O2. The van der Waals surface area contributed by atoms with Crippen molar-refractivity contribution in [3.05, 3.63) is 23.8 Å². The average molecular weight is 275 g/mol. The lowest BCUT2D eigenvalue weighted by Gasteiger charge is -2.43. The van der Waals surface area contributed by atoms with Crippen molar-refractivity contribution in [2.75, 3.05) is 30.3 Å². The molecule has 2 fully saturated rings. The van der Waals surface area contributed by atoms with Crippen LogP contribution in [-0.2, 0) is 0 Å². The van der Waals surface area contributed by atoms with Crippen LogP contribution in [0.25, 0.3) is 0 Å². The van der Waals surface area contributed by atoms with Crippen molar-refractivity contribution in [3.8, 4) is 0 Å². The molecule has 1 aromatic rings. The molecule has 108 valence electrons. The molecule has 0 saturated carbocycles. The van der Waals surface area contributed by atoms with Crippen molar-refractivity contribution in [1.29, 1.82) is 0 Å². The summed E-state index contributed by atoms with van der Waals surface area (Å²) in [5, 5.41) is 9.04. The fraction of sp³-hybridized carbons (Fsp3) is 0.533. The monoisotopic (exact) mass is 275 g/mol. The van der Waals surface area contributed by atoms with E-state index in [2.05, 4.69) is 16.7 Å². The predicted octanol–water partition coefficient (Wildman–Crippen LogP) is 1.64. The summed E-state index contributed by atoms with van der Waals surface area (Å²) in [6.07, 6.45) is 2.54. The number of piperazine rings is 1. The summed E-state index contributed by atoms with van der Waals surface area (Å²) in [6, 6.07) is 6.35. The molecule has 0 aromatic heterocycles. The Kier molecular flexibility index (Phi) is 3.30. The Balaban J connectivity index is 1.85. The Morgan fingerprint density at radius 1 is 1.40 bits per heavy atom. The third-order valence-corrected chi connectivity index (χ3v) is 4.53. The molecular weight excluding hydrogens is 254 g/mol. The van der Waals surface area contributed by atoms with E-state index in [0.29, 0.717) is 17.8 Å². The maximum absolute atomic E-state index is 11.0. The van der Waals surface area contributed by atoms with Gasteiger partial charge in [-0.05, 0) is 44.5 Å². The zero-order valence-corrected chi connectivity index (χ0v) is 11.7. The van der Waals surface area contributed by atoms with E-state index in [1.807, 2.05) is 6.07 Å². The van der Waals surface area contributed by atoms with E-state index in [9.17, 15) is 4.79 Å². The number of carboxylic acid groups (broad SMARTS) is 1. The zero-order valence-electron chi connectivity index (χ0n) is 11.7. The third-order valence-electron chi connectivity index (χ3n) is 4.53. The first-order valence-corrected chi connectivity index (χ1v) is 7.20. The number of nitrogens with zero attached hydrogens (tertiary/aromatic N) is 2. The zero-order chi connectivity index (χ0) is 14.3. The number of nitrogens with two attached hydrogens (primary N) is 1. The fourth-order valence-corrected chi connectivity index (χ4v) is 3.47. The normalized spacial score (nSPS) is 26.6. The smallest absolute Gasteiger partial charge is 0.337 e. The molecule has 0 bridgehead atoms. The highest BCUT2D eigenvalue weighted by Crippen LogP contribution is 2.30. The minimum atomic E-state index is -0.970. The second-order valence-electron chi connectivity index (χ2n) is 5.87. The number of hydrogen-bond donors (Lipinski definition) is 2. The van der Waals surface area contributed by atoms with Crippen molar-refractivity contribution in [3.63, 3.8) is 0 Å². The Morgan fingerprint density at radius 3 is 2.90 bits per heavy atom. The average Bonchev–Trinajstić information content (AvgIpc) is 2.84. The van der Waals surface area contributed by atoms with Gasteiger partial charge in [-0.2, -0.15) is 0 Å². The molecule has 3 N–H and O–H groups in total. The summed E-state index contributed by atoms with van der Waals surface area (Å²) in [4.78, 5) is 15.9. The lowest BCUT2D eigenvalue weighted by Crippen LogP contribution is -2.55. The number of carboxylic acids is 1. The molecule has 0 radical (unpaired) electrons. The van der Waals surface area contributed by atoms with Gasteiger partial charge >= 0.3 is 5.97 Å². The van der Waals surface area contributed by atoms with Crippen LogP contribution in [-0.4, -0.2) is 47.7 Å². The molecule has 0 spiro atoms. The summed E-state index contributed by atoms with van der Waals surface area (Å²) < 4.78 is 0. The lowest BCUT2D eigenvalue weighted by molar-refractivity contribution is 0.0698. The van der Waals surface area contributed by atoms with Crippen LogP contribution in [0.2, 0.25) is 0 Å². The number of benzene rings is 1.